The van der Waals surface area contributed by atoms with Gasteiger partial charge in [-0.2, -0.15) is 0 Å². The highest BCUT2D eigenvalue weighted by atomic mass is 16.5. The summed E-state index contributed by atoms with van der Waals surface area (Å²) in [5.74, 6) is 0.155. The van der Waals surface area contributed by atoms with Gasteiger partial charge in [0.1, 0.15) is 0 Å². The number of carbonyl (C=O) groups excluding carboxylic acids is 1. The summed E-state index contributed by atoms with van der Waals surface area (Å²) in [4.78, 5) is 12.3. The molecule has 159 valence electrons. The third-order valence-electron chi connectivity index (χ3n) is 5.96. The van der Waals surface area contributed by atoms with Crippen LogP contribution in [0.15, 0.2) is 0 Å². The van der Waals surface area contributed by atoms with Gasteiger partial charge in [-0.3, -0.25) is 4.79 Å². The molecule has 1 aliphatic heterocycles. The van der Waals surface area contributed by atoms with Gasteiger partial charge in [-0.25, -0.2) is 0 Å². The highest BCUT2D eigenvalue weighted by molar-refractivity contribution is 5.76. The quantitative estimate of drug-likeness (QED) is 0.388. The lowest BCUT2D eigenvalue weighted by Gasteiger charge is -2.50. The van der Waals surface area contributed by atoms with Crippen molar-refractivity contribution in [2.75, 3.05) is 0 Å². The van der Waals surface area contributed by atoms with E-state index in [9.17, 15) is 10.0 Å². The van der Waals surface area contributed by atoms with Crippen LogP contribution < -0.4 is 5.32 Å². The fraction of sp³-hybridized carbons (Fsp3) is 0.957. The summed E-state index contributed by atoms with van der Waals surface area (Å²) in [7, 11) is 0. The van der Waals surface area contributed by atoms with Crippen LogP contribution in [0, 0.1) is 0 Å². The van der Waals surface area contributed by atoms with Gasteiger partial charge >= 0.3 is 0 Å². The van der Waals surface area contributed by atoms with Crippen LogP contribution in [-0.2, 0) is 10.0 Å². The molecule has 1 amide bonds. The fourth-order valence-corrected chi connectivity index (χ4v) is 4.61. The van der Waals surface area contributed by atoms with Crippen LogP contribution in [0.2, 0.25) is 0 Å². The standard InChI is InChI=1S/C23H45N2O2/c1-6-7-8-9-10-11-12-13-14-15-16-17-21(26)24-20-18-22(2,3)25(27)23(4,5)19-20/h20H,6-19H2,1-5H3,(H,24,26). The fourth-order valence-electron chi connectivity index (χ4n) is 4.61. The number of hydrogen-bond acceptors (Lipinski definition) is 2. The maximum atomic E-state index is 12.4. The zero-order valence-electron chi connectivity index (χ0n) is 18.7. The lowest BCUT2D eigenvalue weighted by atomic mass is 9.79. The van der Waals surface area contributed by atoms with E-state index >= 15 is 0 Å². The molecule has 0 unspecified atom stereocenters. The summed E-state index contributed by atoms with van der Waals surface area (Å²) in [5, 5.41) is 16.8. The van der Waals surface area contributed by atoms with Crippen LogP contribution >= 0.6 is 0 Å². The lowest BCUT2D eigenvalue weighted by Crippen LogP contribution is -2.62. The molecule has 1 N–H and O–H groups in total. The third-order valence-corrected chi connectivity index (χ3v) is 5.96. The summed E-state index contributed by atoms with van der Waals surface area (Å²) in [6, 6.07) is 0.111. The topological polar surface area (TPSA) is 52.2 Å². The van der Waals surface area contributed by atoms with Gasteiger partial charge in [0.15, 0.2) is 0 Å². The van der Waals surface area contributed by atoms with Crippen molar-refractivity contribution < 1.29 is 10.0 Å². The molecule has 4 nitrogen and oxygen atoms in total. The number of nitrogens with one attached hydrogen (secondary N) is 1. The summed E-state index contributed by atoms with van der Waals surface area (Å²) < 4.78 is 0. The second kappa shape index (κ2) is 12.1. The Hall–Kier alpha value is -0.610. The van der Waals surface area contributed by atoms with Crippen molar-refractivity contribution in [1.82, 2.24) is 10.4 Å². The van der Waals surface area contributed by atoms with Crippen LogP contribution in [0.5, 0.6) is 0 Å². The number of amides is 1. The average molecular weight is 382 g/mol. The van der Waals surface area contributed by atoms with Crippen molar-refractivity contribution in [3.63, 3.8) is 0 Å². The van der Waals surface area contributed by atoms with Gasteiger partial charge in [0, 0.05) is 23.5 Å². The highest BCUT2D eigenvalue weighted by Crippen LogP contribution is 2.37. The number of hydroxylamine groups is 2. The Kier molecular flexibility index (Phi) is 10.9. The second-order valence-corrected chi connectivity index (χ2v) is 9.88. The van der Waals surface area contributed by atoms with Gasteiger partial charge < -0.3 is 5.32 Å². The first kappa shape index (κ1) is 24.4. The number of piperidine rings is 1. The molecule has 0 bridgehead atoms. The van der Waals surface area contributed by atoms with E-state index < -0.39 is 11.1 Å². The van der Waals surface area contributed by atoms with E-state index in [2.05, 4.69) is 12.2 Å². The van der Waals surface area contributed by atoms with E-state index in [0.29, 0.717) is 6.42 Å². The Balaban J connectivity index is 2.08. The third kappa shape index (κ3) is 9.43. The molecule has 0 atom stereocenters. The van der Waals surface area contributed by atoms with Gasteiger partial charge in [-0.05, 0) is 47.0 Å². The molecule has 27 heavy (non-hydrogen) atoms. The zero-order chi connectivity index (χ0) is 20.3. The number of hydrogen-bond donors (Lipinski definition) is 1. The lowest BCUT2D eigenvalue weighted by molar-refractivity contribution is -0.290. The smallest absolute Gasteiger partial charge is 0.220 e. The minimum atomic E-state index is -0.420. The van der Waals surface area contributed by atoms with Gasteiger partial charge in [-0.15, -0.1) is 10.3 Å². The highest BCUT2D eigenvalue weighted by Gasteiger charge is 2.46. The molecule has 4 heteroatoms. The maximum Gasteiger partial charge on any atom is 0.220 e. The first-order valence-corrected chi connectivity index (χ1v) is 11.5. The Morgan fingerprint density at radius 1 is 0.815 bits per heavy atom. The molecule has 1 radical (unpaired) electrons. The molecule has 0 aliphatic carbocycles. The van der Waals surface area contributed by atoms with E-state index in [4.69, 9.17) is 0 Å². The van der Waals surface area contributed by atoms with E-state index in [1.54, 1.807) is 0 Å². The maximum absolute atomic E-state index is 12.4. The zero-order valence-corrected chi connectivity index (χ0v) is 18.7. The first-order chi connectivity index (χ1) is 12.7. The van der Waals surface area contributed by atoms with E-state index in [-0.39, 0.29) is 11.9 Å². The Morgan fingerprint density at radius 3 is 1.67 bits per heavy atom. The summed E-state index contributed by atoms with van der Waals surface area (Å²) >= 11 is 0. The SMILES string of the molecule is CCCCCCCCCCCCCC(=O)NC1CC(C)(C)N([O])C(C)(C)C1. The van der Waals surface area contributed by atoms with Crippen molar-refractivity contribution in [1.29, 1.82) is 0 Å². The van der Waals surface area contributed by atoms with E-state index in [1.807, 2.05) is 27.7 Å². The number of rotatable bonds is 13. The molecular formula is C23H45N2O2. The Morgan fingerprint density at radius 2 is 1.22 bits per heavy atom. The molecule has 0 saturated carbocycles. The molecule has 0 aromatic heterocycles. The molecule has 1 aliphatic rings. The molecular weight excluding hydrogens is 336 g/mol. The predicted molar refractivity (Wildman–Crippen MR) is 113 cm³/mol. The molecule has 0 spiro atoms. The van der Waals surface area contributed by atoms with Crippen LogP contribution in [0.3, 0.4) is 0 Å². The normalized spacial score (nSPS) is 19.9. The second-order valence-electron chi connectivity index (χ2n) is 9.88. The summed E-state index contributed by atoms with van der Waals surface area (Å²) in [5.41, 5.74) is -0.841. The molecule has 1 rings (SSSR count). The van der Waals surface area contributed by atoms with Crippen molar-refractivity contribution in [3.8, 4) is 0 Å². The summed E-state index contributed by atoms with van der Waals surface area (Å²) in [6.45, 7) is 10.2. The van der Waals surface area contributed by atoms with Crippen molar-refractivity contribution in [3.05, 3.63) is 0 Å². The van der Waals surface area contributed by atoms with Crippen molar-refractivity contribution in [2.45, 2.75) is 142 Å². The molecule has 0 aromatic rings. The molecule has 1 heterocycles. The minimum absolute atomic E-state index is 0.111. The number of unbranched alkanes of at least 4 members (excludes halogenated alkanes) is 10. The van der Waals surface area contributed by atoms with Crippen molar-refractivity contribution >= 4 is 5.91 Å². The largest absolute Gasteiger partial charge is 0.353 e. The van der Waals surface area contributed by atoms with Crippen molar-refractivity contribution in [2.24, 2.45) is 0 Å². The molecule has 1 saturated heterocycles. The Bertz CT molecular complexity index is 403. The predicted octanol–water partition coefficient (Wildman–Crippen LogP) is 6.17. The van der Waals surface area contributed by atoms with Gasteiger partial charge in [0.2, 0.25) is 5.91 Å². The summed E-state index contributed by atoms with van der Waals surface area (Å²) in [6.07, 6.45) is 16.4. The van der Waals surface area contributed by atoms with E-state index in [1.165, 1.54) is 62.9 Å². The number of carbonyl (C=O) groups is 1. The molecule has 0 aromatic carbocycles. The minimum Gasteiger partial charge on any atom is -0.353 e. The number of nitrogens with zero attached hydrogens (tertiary/aromatic N) is 1. The molecule has 1 fully saturated rings. The van der Waals surface area contributed by atoms with Gasteiger partial charge in [0.05, 0.1) is 0 Å². The Labute approximate surface area is 168 Å². The average Bonchev–Trinajstić information content (AvgIpc) is 2.57. The van der Waals surface area contributed by atoms with Crippen LogP contribution in [-0.4, -0.2) is 28.1 Å². The van der Waals surface area contributed by atoms with Crippen LogP contribution in [0.25, 0.3) is 0 Å². The van der Waals surface area contributed by atoms with Gasteiger partial charge in [0.25, 0.3) is 0 Å². The van der Waals surface area contributed by atoms with Crippen LogP contribution in [0.4, 0.5) is 0 Å². The van der Waals surface area contributed by atoms with E-state index in [0.717, 1.165) is 25.7 Å². The van der Waals surface area contributed by atoms with Gasteiger partial charge in [-0.1, -0.05) is 71.1 Å². The van der Waals surface area contributed by atoms with Crippen LogP contribution in [0.1, 0.15) is 125 Å². The first-order valence-electron chi connectivity index (χ1n) is 11.5. The monoisotopic (exact) mass is 381 g/mol.